The van der Waals surface area contributed by atoms with Gasteiger partial charge in [0.1, 0.15) is 6.54 Å². The fourth-order valence-corrected chi connectivity index (χ4v) is 5.67. The Balaban J connectivity index is 1.71. The molecule has 1 amide bonds. The first-order valence-electron chi connectivity index (χ1n) is 10.9. The van der Waals surface area contributed by atoms with E-state index >= 15 is 0 Å². The largest absolute Gasteiger partial charge is 0.354 e. The van der Waals surface area contributed by atoms with E-state index in [2.05, 4.69) is 17.4 Å². The summed E-state index contributed by atoms with van der Waals surface area (Å²) in [5, 5.41) is 2.88. The van der Waals surface area contributed by atoms with Gasteiger partial charge in [-0.25, -0.2) is 8.42 Å². The van der Waals surface area contributed by atoms with Crippen LogP contribution in [0.25, 0.3) is 0 Å². The number of hydrogen-bond acceptors (Lipinski definition) is 4. The molecule has 0 aliphatic carbocycles. The molecule has 1 N–H and O–H groups in total. The minimum Gasteiger partial charge on any atom is -0.354 e. The number of hydrogen-bond donors (Lipinski definition) is 1. The van der Waals surface area contributed by atoms with E-state index in [1.54, 1.807) is 36.0 Å². The number of carbonyl (C=O) groups is 1. The number of rotatable bonds is 10. The average Bonchev–Trinajstić information content (AvgIpc) is 2.80. The third-order valence-corrected chi connectivity index (χ3v) is 8.06. The van der Waals surface area contributed by atoms with Crippen LogP contribution in [0.3, 0.4) is 0 Å². The van der Waals surface area contributed by atoms with E-state index in [-0.39, 0.29) is 17.3 Å². The van der Waals surface area contributed by atoms with E-state index in [1.165, 1.54) is 9.20 Å². The van der Waals surface area contributed by atoms with Crippen molar-refractivity contribution in [2.45, 2.75) is 37.0 Å². The fourth-order valence-electron chi connectivity index (χ4n) is 3.32. The van der Waals surface area contributed by atoms with Gasteiger partial charge in [-0.15, -0.1) is 11.8 Å². The predicted molar refractivity (Wildman–Crippen MR) is 136 cm³/mol. The third kappa shape index (κ3) is 6.85. The lowest BCUT2D eigenvalue weighted by atomic mass is 10.1. The average molecular weight is 483 g/mol. The molecule has 7 heteroatoms. The Bertz CT molecular complexity index is 1180. The van der Waals surface area contributed by atoms with Crippen molar-refractivity contribution in [3.05, 3.63) is 89.5 Å². The first-order chi connectivity index (χ1) is 15.8. The molecule has 0 heterocycles. The monoisotopic (exact) mass is 482 g/mol. The second-order valence-electron chi connectivity index (χ2n) is 7.98. The SMILES string of the molecule is Cc1ccc(S(=O)(=O)N(CC(=O)NCCCSc2ccccc2)c2cc(C)ccc2C)cc1. The minimum atomic E-state index is -3.91. The number of aryl methyl sites for hydroxylation is 3. The topological polar surface area (TPSA) is 66.5 Å². The Kier molecular flexibility index (Phi) is 8.58. The number of sulfonamides is 1. The summed E-state index contributed by atoms with van der Waals surface area (Å²) < 4.78 is 28.3. The maximum absolute atomic E-state index is 13.5. The zero-order valence-corrected chi connectivity index (χ0v) is 20.9. The van der Waals surface area contributed by atoms with Gasteiger partial charge in [0, 0.05) is 11.4 Å². The van der Waals surface area contributed by atoms with E-state index in [4.69, 9.17) is 0 Å². The summed E-state index contributed by atoms with van der Waals surface area (Å²) in [7, 11) is -3.91. The van der Waals surface area contributed by atoms with Gasteiger partial charge in [0.05, 0.1) is 10.6 Å². The molecule has 3 rings (SSSR count). The highest BCUT2D eigenvalue weighted by Gasteiger charge is 2.28. The van der Waals surface area contributed by atoms with Gasteiger partial charge in [-0.2, -0.15) is 0 Å². The summed E-state index contributed by atoms with van der Waals surface area (Å²) in [6.45, 7) is 5.88. The van der Waals surface area contributed by atoms with Crippen LogP contribution < -0.4 is 9.62 Å². The van der Waals surface area contributed by atoms with Crippen LogP contribution in [-0.4, -0.2) is 33.2 Å². The van der Waals surface area contributed by atoms with Gasteiger partial charge in [-0.1, -0.05) is 48.0 Å². The van der Waals surface area contributed by atoms with Crippen LogP contribution in [0.1, 0.15) is 23.1 Å². The molecule has 0 saturated heterocycles. The highest BCUT2D eigenvalue weighted by Crippen LogP contribution is 2.28. The molecule has 0 saturated carbocycles. The van der Waals surface area contributed by atoms with E-state index in [0.29, 0.717) is 12.2 Å². The number of carbonyl (C=O) groups excluding carboxylic acids is 1. The van der Waals surface area contributed by atoms with Crippen molar-refractivity contribution in [3.8, 4) is 0 Å². The van der Waals surface area contributed by atoms with Gasteiger partial charge in [0.2, 0.25) is 5.91 Å². The predicted octanol–water partition coefficient (Wildman–Crippen LogP) is 5.11. The Morgan fingerprint density at radius 3 is 2.27 bits per heavy atom. The molecule has 3 aromatic rings. The van der Waals surface area contributed by atoms with Crippen LogP contribution in [0.15, 0.2) is 82.6 Å². The molecule has 5 nitrogen and oxygen atoms in total. The maximum Gasteiger partial charge on any atom is 0.264 e. The summed E-state index contributed by atoms with van der Waals surface area (Å²) in [4.78, 5) is 14.1. The van der Waals surface area contributed by atoms with Crippen molar-refractivity contribution >= 4 is 33.4 Å². The Hall–Kier alpha value is -2.77. The van der Waals surface area contributed by atoms with Crippen LogP contribution in [0.4, 0.5) is 5.69 Å². The molecule has 3 aromatic carbocycles. The van der Waals surface area contributed by atoms with Gasteiger partial charge in [0.25, 0.3) is 10.0 Å². The number of anilines is 1. The highest BCUT2D eigenvalue weighted by molar-refractivity contribution is 7.99. The number of benzene rings is 3. The first kappa shape index (κ1) is 24.9. The summed E-state index contributed by atoms with van der Waals surface area (Å²) >= 11 is 1.73. The zero-order valence-electron chi connectivity index (χ0n) is 19.2. The minimum absolute atomic E-state index is 0.168. The van der Waals surface area contributed by atoms with Gasteiger partial charge in [-0.3, -0.25) is 9.10 Å². The van der Waals surface area contributed by atoms with Gasteiger partial charge in [0.15, 0.2) is 0 Å². The smallest absolute Gasteiger partial charge is 0.264 e. The first-order valence-corrected chi connectivity index (χ1v) is 13.3. The normalized spacial score (nSPS) is 11.2. The van der Waals surface area contributed by atoms with E-state index in [1.807, 2.05) is 57.2 Å². The lowest BCUT2D eigenvalue weighted by Gasteiger charge is -2.26. The van der Waals surface area contributed by atoms with Gasteiger partial charge >= 0.3 is 0 Å². The standard InChI is InChI=1S/C26H30N2O3S2/c1-20-11-14-24(15-12-20)33(30,31)28(25-18-21(2)10-13-22(25)3)19-26(29)27-16-7-17-32-23-8-5-4-6-9-23/h4-6,8-15,18H,7,16-17,19H2,1-3H3,(H,27,29). The van der Waals surface area contributed by atoms with E-state index in [9.17, 15) is 13.2 Å². The zero-order chi connectivity index (χ0) is 23.8. The third-order valence-electron chi connectivity index (χ3n) is 5.18. The lowest BCUT2D eigenvalue weighted by molar-refractivity contribution is -0.119. The number of amides is 1. The highest BCUT2D eigenvalue weighted by atomic mass is 32.2. The van der Waals surface area contributed by atoms with E-state index in [0.717, 1.165) is 28.9 Å². The molecule has 0 spiro atoms. The quantitative estimate of drug-likeness (QED) is 0.322. The Morgan fingerprint density at radius 2 is 1.58 bits per heavy atom. The molecule has 0 unspecified atom stereocenters. The van der Waals surface area contributed by atoms with Crippen molar-refractivity contribution in [2.75, 3.05) is 23.1 Å². The number of nitrogens with one attached hydrogen (secondary N) is 1. The van der Waals surface area contributed by atoms with Gasteiger partial charge in [-0.05, 0) is 74.4 Å². The molecule has 0 aromatic heterocycles. The fraction of sp³-hybridized carbons (Fsp3) is 0.269. The van der Waals surface area contributed by atoms with Crippen molar-refractivity contribution in [1.82, 2.24) is 5.32 Å². The molecule has 0 aliphatic rings. The maximum atomic E-state index is 13.5. The molecule has 0 aliphatic heterocycles. The Labute approximate surface area is 201 Å². The summed E-state index contributed by atoms with van der Waals surface area (Å²) in [5.41, 5.74) is 3.21. The number of thioether (sulfide) groups is 1. The van der Waals surface area contributed by atoms with Crippen LogP contribution in [0.2, 0.25) is 0 Å². The lowest BCUT2D eigenvalue weighted by Crippen LogP contribution is -2.41. The number of nitrogens with zero attached hydrogens (tertiary/aromatic N) is 1. The molecule has 0 radical (unpaired) electrons. The van der Waals surface area contributed by atoms with Crippen LogP contribution in [0.5, 0.6) is 0 Å². The molecular formula is C26H30N2O3S2. The van der Waals surface area contributed by atoms with Crippen LogP contribution in [0, 0.1) is 20.8 Å². The van der Waals surface area contributed by atoms with E-state index < -0.39 is 10.0 Å². The molecule has 0 fully saturated rings. The van der Waals surface area contributed by atoms with Gasteiger partial charge < -0.3 is 5.32 Å². The van der Waals surface area contributed by atoms with Crippen molar-refractivity contribution in [3.63, 3.8) is 0 Å². The molecule has 0 bridgehead atoms. The molecule has 33 heavy (non-hydrogen) atoms. The summed E-state index contributed by atoms with van der Waals surface area (Å²) in [6.07, 6.45) is 0.791. The summed E-state index contributed by atoms with van der Waals surface area (Å²) in [6, 6.07) is 22.4. The van der Waals surface area contributed by atoms with Crippen molar-refractivity contribution in [2.24, 2.45) is 0 Å². The van der Waals surface area contributed by atoms with Crippen molar-refractivity contribution < 1.29 is 13.2 Å². The molecule has 174 valence electrons. The van der Waals surface area contributed by atoms with Crippen LogP contribution in [-0.2, 0) is 14.8 Å². The molecule has 0 atom stereocenters. The second kappa shape index (κ2) is 11.4. The molecular weight excluding hydrogens is 452 g/mol. The summed E-state index contributed by atoms with van der Waals surface area (Å²) in [5.74, 6) is 0.545. The van der Waals surface area contributed by atoms with Crippen LogP contribution >= 0.6 is 11.8 Å². The second-order valence-corrected chi connectivity index (χ2v) is 11.0. The Morgan fingerprint density at radius 1 is 0.909 bits per heavy atom. The van der Waals surface area contributed by atoms with Crippen molar-refractivity contribution in [1.29, 1.82) is 0 Å².